The van der Waals surface area contributed by atoms with E-state index >= 15 is 0 Å². The minimum Gasteiger partial charge on any atom is -0.437 e. The summed E-state index contributed by atoms with van der Waals surface area (Å²) in [5, 5.41) is 15.7. The first-order valence-corrected chi connectivity index (χ1v) is 14.2. The van der Waals surface area contributed by atoms with Gasteiger partial charge in [-0.15, -0.1) is 0 Å². The molecule has 4 rings (SSSR count). The highest BCUT2D eigenvalue weighted by Crippen LogP contribution is 2.33. The molecule has 0 bridgehead atoms. The van der Waals surface area contributed by atoms with Gasteiger partial charge in [0.2, 0.25) is 17.7 Å². The minimum absolute atomic E-state index is 0.0456. The van der Waals surface area contributed by atoms with Crippen molar-refractivity contribution < 1.29 is 9.53 Å². The fraction of sp³-hybridized carbons (Fsp3) is 0.400. The number of aryl methyl sites for hydroxylation is 2. The Labute approximate surface area is 244 Å². The van der Waals surface area contributed by atoms with E-state index in [0.717, 1.165) is 54.9 Å². The first-order chi connectivity index (χ1) is 19.2. The van der Waals surface area contributed by atoms with Gasteiger partial charge < -0.3 is 25.2 Å². The molecule has 210 valence electrons. The molecule has 1 aliphatic heterocycles. The molecule has 1 fully saturated rings. The molecular formula is C30H36BrN7O2. The third kappa shape index (κ3) is 7.93. The van der Waals surface area contributed by atoms with Crippen LogP contribution in [-0.2, 0) is 11.2 Å². The van der Waals surface area contributed by atoms with Gasteiger partial charge in [-0.25, -0.2) is 4.98 Å². The molecule has 2 aromatic carbocycles. The van der Waals surface area contributed by atoms with Crippen molar-refractivity contribution >= 4 is 33.5 Å². The number of piperidine rings is 1. The molecule has 2 heterocycles. The summed E-state index contributed by atoms with van der Waals surface area (Å²) in [6, 6.07) is 14.3. The number of nitrogens with zero attached hydrogens (tertiary/aromatic N) is 5. The van der Waals surface area contributed by atoms with Crippen LogP contribution in [0.25, 0.3) is 0 Å². The third-order valence-corrected chi connectivity index (χ3v) is 7.39. The molecule has 1 aliphatic rings. The van der Waals surface area contributed by atoms with E-state index in [4.69, 9.17) is 4.74 Å². The van der Waals surface area contributed by atoms with Crippen LogP contribution in [0, 0.1) is 25.2 Å². The molecule has 3 aromatic rings. The molecule has 10 heteroatoms. The normalized spacial score (nSPS) is 13.7. The Balaban J connectivity index is 1.33. The molecule has 1 aromatic heterocycles. The average Bonchev–Trinajstić information content (AvgIpc) is 2.92. The topological polar surface area (TPSA) is 106 Å². The molecule has 0 spiro atoms. The summed E-state index contributed by atoms with van der Waals surface area (Å²) in [7, 11) is 3.99. The Hall–Kier alpha value is -3.68. The second-order valence-electron chi connectivity index (χ2n) is 10.4. The maximum atomic E-state index is 12.3. The zero-order chi connectivity index (χ0) is 28.6. The zero-order valence-corrected chi connectivity index (χ0v) is 25.1. The summed E-state index contributed by atoms with van der Waals surface area (Å²) >= 11 is 3.50. The van der Waals surface area contributed by atoms with Gasteiger partial charge in [0.15, 0.2) is 0 Å². The molecular weight excluding hydrogens is 570 g/mol. The molecule has 1 amide bonds. The summed E-state index contributed by atoms with van der Waals surface area (Å²) in [4.78, 5) is 25.8. The van der Waals surface area contributed by atoms with E-state index in [1.165, 1.54) is 0 Å². The van der Waals surface area contributed by atoms with Crippen molar-refractivity contribution in [3.63, 3.8) is 0 Å². The predicted molar refractivity (Wildman–Crippen MR) is 161 cm³/mol. The number of amides is 1. The fourth-order valence-electron chi connectivity index (χ4n) is 4.76. The van der Waals surface area contributed by atoms with E-state index in [2.05, 4.69) is 59.6 Å². The van der Waals surface area contributed by atoms with Crippen molar-refractivity contribution in [2.75, 3.05) is 50.5 Å². The molecule has 0 unspecified atom stereocenters. The number of hydrogen-bond donors (Lipinski definition) is 2. The van der Waals surface area contributed by atoms with Gasteiger partial charge in [-0.1, -0.05) is 12.1 Å². The summed E-state index contributed by atoms with van der Waals surface area (Å²) in [6.45, 7) is 7.09. The summed E-state index contributed by atoms with van der Waals surface area (Å²) in [6.07, 6.45) is 3.93. The van der Waals surface area contributed by atoms with Gasteiger partial charge in [0.1, 0.15) is 5.75 Å². The number of likely N-dealkylation sites (N-methyl/N-ethyl adjacent to an activating group) is 1. The van der Waals surface area contributed by atoms with Crippen molar-refractivity contribution in [1.82, 2.24) is 20.2 Å². The lowest BCUT2D eigenvalue weighted by Gasteiger charge is -2.34. The van der Waals surface area contributed by atoms with Gasteiger partial charge in [-0.2, -0.15) is 10.2 Å². The SMILES string of the molecule is Cc1cc(C#N)cc(C)c1Oc1nc(NC2CCN(c3cccc(CC(=O)NCCN(C)C)c3)CC2)ncc1Br. The van der Waals surface area contributed by atoms with Crippen LogP contribution in [0.2, 0.25) is 0 Å². The van der Waals surface area contributed by atoms with Crippen molar-refractivity contribution in [2.24, 2.45) is 0 Å². The molecule has 2 N–H and O–H groups in total. The number of anilines is 2. The molecule has 0 aliphatic carbocycles. The Morgan fingerprint density at radius 2 is 1.93 bits per heavy atom. The Morgan fingerprint density at radius 3 is 2.60 bits per heavy atom. The minimum atomic E-state index is 0.0456. The number of benzene rings is 2. The van der Waals surface area contributed by atoms with E-state index in [1.807, 2.05) is 45.0 Å². The van der Waals surface area contributed by atoms with E-state index in [0.29, 0.717) is 40.6 Å². The lowest BCUT2D eigenvalue weighted by Crippen LogP contribution is -2.39. The first-order valence-electron chi connectivity index (χ1n) is 13.5. The number of aromatic nitrogens is 2. The molecule has 1 saturated heterocycles. The molecule has 0 atom stereocenters. The average molecular weight is 607 g/mol. The second kappa shape index (κ2) is 13.6. The largest absolute Gasteiger partial charge is 0.437 e. The smallest absolute Gasteiger partial charge is 0.238 e. The first kappa shape index (κ1) is 29.3. The van der Waals surface area contributed by atoms with Crippen LogP contribution >= 0.6 is 15.9 Å². The highest BCUT2D eigenvalue weighted by atomic mass is 79.9. The van der Waals surface area contributed by atoms with Crippen LogP contribution in [0.3, 0.4) is 0 Å². The number of carbonyl (C=O) groups is 1. The van der Waals surface area contributed by atoms with E-state index in [1.54, 1.807) is 18.3 Å². The van der Waals surface area contributed by atoms with E-state index in [-0.39, 0.29) is 11.9 Å². The van der Waals surface area contributed by atoms with E-state index < -0.39 is 0 Å². The number of ether oxygens (including phenoxy) is 1. The van der Waals surface area contributed by atoms with Gasteiger partial charge in [0.05, 0.1) is 28.7 Å². The van der Waals surface area contributed by atoms with Crippen LogP contribution in [0.15, 0.2) is 47.1 Å². The number of carbonyl (C=O) groups excluding carboxylic acids is 1. The van der Waals surface area contributed by atoms with Crippen molar-refractivity contribution in [3.8, 4) is 17.7 Å². The number of rotatable bonds is 10. The van der Waals surface area contributed by atoms with Crippen LogP contribution in [0.1, 0.15) is 35.1 Å². The predicted octanol–water partition coefficient (Wildman–Crippen LogP) is 4.82. The number of hydrogen-bond acceptors (Lipinski definition) is 8. The maximum Gasteiger partial charge on any atom is 0.238 e. The van der Waals surface area contributed by atoms with Crippen LogP contribution in [0.5, 0.6) is 11.6 Å². The Kier molecular flexibility index (Phi) is 9.96. The number of nitriles is 1. The van der Waals surface area contributed by atoms with Gasteiger partial charge in [0, 0.05) is 37.9 Å². The highest BCUT2D eigenvalue weighted by molar-refractivity contribution is 9.10. The Morgan fingerprint density at radius 1 is 1.20 bits per heavy atom. The molecule has 0 saturated carbocycles. The molecule has 40 heavy (non-hydrogen) atoms. The lowest BCUT2D eigenvalue weighted by molar-refractivity contribution is -0.120. The number of halogens is 1. The summed E-state index contributed by atoms with van der Waals surface area (Å²) < 4.78 is 6.81. The summed E-state index contributed by atoms with van der Waals surface area (Å²) in [5.74, 6) is 1.67. The third-order valence-electron chi connectivity index (χ3n) is 6.85. The second-order valence-corrected chi connectivity index (χ2v) is 11.3. The Bertz CT molecular complexity index is 1360. The van der Waals surface area contributed by atoms with Crippen LogP contribution < -0.4 is 20.3 Å². The monoisotopic (exact) mass is 605 g/mol. The quantitative estimate of drug-likeness (QED) is 0.339. The van der Waals surface area contributed by atoms with Gasteiger partial charge in [-0.05, 0) is 97.7 Å². The standard InChI is InChI=1S/C30H36BrN7O2/c1-20-14-23(18-32)15-21(2)28(20)40-29-26(31)19-34-30(36-29)35-24-8-11-38(12-9-24)25-7-5-6-22(16-25)17-27(39)33-10-13-37(3)4/h5-7,14-16,19,24H,8-13,17H2,1-4H3,(H,33,39)(H,34,35,36). The lowest BCUT2D eigenvalue weighted by atomic mass is 10.0. The van der Waals surface area contributed by atoms with Crippen molar-refractivity contribution in [2.45, 2.75) is 39.2 Å². The fourth-order valence-corrected chi connectivity index (χ4v) is 5.03. The van der Waals surface area contributed by atoms with Crippen molar-refractivity contribution in [3.05, 3.63) is 69.3 Å². The van der Waals surface area contributed by atoms with Crippen LogP contribution in [-0.4, -0.2) is 67.1 Å². The maximum absolute atomic E-state index is 12.3. The van der Waals surface area contributed by atoms with Gasteiger partial charge >= 0.3 is 0 Å². The number of nitrogens with one attached hydrogen (secondary N) is 2. The summed E-state index contributed by atoms with van der Waals surface area (Å²) in [5.41, 5.74) is 4.51. The van der Waals surface area contributed by atoms with E-state index in [9.17, 15) is 10.1 Å². The van der Waals surface area contributed by atoms with Crippen molar-refractivity contribution in [1.29, 1.82) is 5.26 Å². The van der Waals surface area contributed by atoms with Gasteiger partial charge in [-0.3, -0.25) is 4.79 Å². The molecule has 0 radical (unpaired) electrons. The van der Waals surface area contributed by atoms with Crippen LogP contribution in [0.4, 0.5) is 11.6 Å². The zero-order valence-electron chi connectivity index (χ0n) is 23.5. The van der Waals surface area contributed by atoms with Gasteiger partial charge in [0.25, 0.3) is 0 Å². The molecule has 9 nitrogen and oxygen atoms in total. The highest BCUT2D eigenvalue weighted by Gasteiger charge is 2.21.